The molecule has 0 aromatic heterocycles. The molecule has 32 heavy (non-hydrogen) atoms. The topological polar surface area (TPSA) is 136 Å². The van der Waals surface area contributed by atoms with E-state index in [1.165, 1.54) is 24.3 Å². The van der Waals surface area contributed by atoms with E-state index in [1.54, 1.807) is 0 Å². The molecule has 2 aromatic carbocycles. The maximum Gasteiger partial charge on any atom is 0.352 e. The number of ether oxygens (including phenoxy) is 1. The molecule has 1 saturated heterocycles. The molecule has 0 radical (unpaired) electrons. The summed E-state index contributed by atoms with van der Waals surface area (Å²) in [5.74, 6) is -3.78. The summed E-state index contributed by atoms with van der Waals surface area (Å²) in [7, 11) is 0. The molecule has 2 aliphatic rings. The van der Waals surface area contributed by atoms with Gasteiger partial charge in [-0.15, -0.1) is 11.8 Å². The minimum Gasteiger partial charge on any atom is -0.508 e. The summed E-state index contributed by atoms with van der Waals surface area (Å²) >= 11 is 1.14. The number of thioether (sulfide) groups is 1. The Morgan fingerprint density at radius 3 is 2.41 bits per heavy atom. The molecule has 2 unspecified atom stereocenters. The summed E-state index contributed by atoms with van der Waals surface area (Å²) in [5, 5.41) is 31.1. The number of rotatable bonds is 7. The van der Waals surface area contributed by atoms with Gasteiger partial charge in [-0.2, -0.15) is 0 Å². The fourth-order valence-electron chi connectivity index (χ4n) is 3.68. The van der Waals surface area contributed by atoms with Gasteiger partial charge in [-0.05, 0) is 23.8 Å². The quantitative estimate of drug-likeness (QED) is 0.463. The van der Waals surface area contributed by atoms with Gasteiger partial charge in [-0.3, -0.25) is 14.5 Å². The second-order valence-electron chi connectivity index (χ2n) is 7.25. The first-order valence-electron chi connectivity index (χ1n) is 9.72. The summed E-state index contributed by atoms with van der Waals surface area (Å²) in [4.78, 5) is 37.8. The lowest BCUT2D eigenvalue weighted by Crippen LogP contribution is -2.61. The van der Waals surface area contributed by atoms with E-state index in [1.807, 2.05) is 30.3 Å². The molecule has 0 spiro atoms. The Balaban J connectivity index is 1.46. The molecule has 10 heteroatoms. The number of fused-ring (bicyclic) bond motifs is 1. The van der Waals surface area contributed by atoms with E-state index in [0.29, 0.717) is 0 Å². The molecule has 3 atom stereocenters. The standard InChI is InChI=1S/C22H20N2O7S/c25-14-7-4-8-15(26)18(14)19-20(28)24-13(22(29)30)9-17(32-21(19)24)23-16(27)11-31-10-12-5-2-1-3-6-12/h1-9,17,19,21,25-26H,10-11H2,(H,23,27)(H,29,30)/t17?,19?,21-/m1/s1. The molecular formula is C22H20N2O7S. The smallest absolute Gasteiger partial charge is 0.352 e. The third-order valence-electron chi connectivity index (χ3n) is 5.14. The van der Waals surface area contributed by atoms with Crippen molar-refractivity contribution in [3.63, 3.8) is 0 Å². The number of hydrogen-bond donors (Lipinski definition) is 4. The van der Waals surface area contributed by atoms with Crippen molar-refractivity contribution in [2.24, 2.45) is 0 Å². The number of aromatic hydroxyl groups is 2. The zero-order valence-electron chi connectivity index (χ0n) is 16.7. The lowest BCUT2D eigenvalue weighted by Gasteiger charge is -2.50. The fourth-order valence-corrected chi connectivity index (χ4v) is 5.14. The first-order chi connectivity index (χ1) is 15.4. The molecule has 4 rings (SSSR count). The number of phenolic OH excluding ortho intramolecular Hbond substituents is 2. The van der Waals surface area contributed by atoms with E-state index in [4.69, 9.17) is 4.74 Å². The van der Waals surface area contributed by atoms with Crippen molar-refractivity contribution in [2.45, 2.75) is 23.3 Å². The van der Waals surface area contributed by atoms with Crippen LogP contribution >= 0.6 is 11.8 Å². The molecule has 9 nitrogen and oxygen atoms in total. The predicted octanol–water partition coefficient (Wildman–Crippen LogP) is 1.72. The zero-order chi connectivity index (χ0) is 22.8. The van der Waals surface area contributed by atoms with Gasteiger partial charge in [0.25, 0.3) is 0 Å². The molecule has 2 aromatic rings. The van der Waals surface area contributed by atoms with Gasteiger partial charge in [0.2, 0.25) is 11.8 Å². The van der Waals surface area contributed by atoms with Crippen molar-refractivity contribution in [1.82, 2.24) is 10.2 Å². The normalized spacial score (nSPS) is 21.9. The van der Waals surface area contributed by atoms with Crippen LogP contribution in [0.5, 0.6) is 11.5 Å². The van der Waals surface area contributed by atoms with Crippen LogP contribution in [0.15, 0.2) is 60.3 Å². The van der Waals surface area contributed by atoms with Gasteiger partial charge in [0.15, 0.2) is 0 Å². The Hall–Kier alpha value is -3.50. The van der Waals surface area contributed by atoms with E-state index in [9.17, 15) is 29.7 Å². The van der Waals surface area contributed by atoms with Crippen LogP contribution in [0.2, 0.25) is 0 Å². The molecule has 1 fully saturated rings. The summed E-state index contributed by atoms with van der Waals surface area (Å²) < 4.78 is 5.41. The number of benzene rings is 2. The minimum atomic E-state index is -1.32. The number of nitrogens with zero attached hydrogens (tertiary/aromatic N) is 1. The van der Waals surface area contributed by atoms with Crippen molar-refractivity contribution in [3.05, 3.63) is 71.4 Å². The van der Waals surface area contributed by atoms with Crippen molar-refractivity contribution in [3.8, 4) is 11.5 Å². The van der Waals surface area contributed by atoms with Crippen LogP contribution in [0.3, 0.4) is 0 Å². The Kier molecular flexibility index (Phi) is 6.06. The molecular weight excluding hydrogens is 436 g/mol. The first-order valence-corrected chi connectivity index (χ1v) is 10.7. The van der Waals surface area contributed by atoms with Crippen LogP contribution in [-0.2, 0) is 25.7 Å². The second kappa shape index (κ2) is 8.93. The number of carbonyl (C=O) groups is 3. The average molecular weight is 456 g/mol. The van der Waals surface area contributed by atoms with Crippen LogP contribution < -0.4 is 5.32 Å². The lowest BCUT2D eigenvalue weighted by molar-refractivity contribution is -0.148. The van der Waals surface area contributed by atoms with Crippen molar-refractivity contribution < 1.29 is 34.4 Å². The molecule has 166 valence electrons. The van der Waals surface area contributed by atoms with Crippen LogP contribution in [0.25, 0.3) is 0 Å². The number of aliphatic carboxylic acids is 1. The highest BCUT2D eigenvalue weighted by atomic mass is 32.2. The average Bonchev–Trinajstić information content (AvgIpc) is 2.76. The number of hydrogen-bond acceptors (Lipinski definition) is 7. The monoisotopic (exact) mass is 456 g/mol. The molecule has 2 aliphatic heterocycles. The third kappa shape index (κ3) is 4.14. The van der Waals surface area contributed by atoms with Crippen LogP contribution in [-0.4, -0.2) is 55.4 Å². The molecule has 0 bridgehead atoms. The number of amides is 2. The van der Waals surface area contributed by atoms with Crippen molar-refractivity contribution >= 4 is 29.5 Å². The van der Waals surface area contributed by atoms with Gasteiger partial charge < -0.3 is 25.4 Å². The van der Waals surface area contributed by atoms with Gasteiger partial charge in [-0.1, -0.05) is 36.4 Å². The number of carboxylic acid groups (broad SMARTS) is 1. The van der Waals surface area contributed by atoms with Crippen LogP contribution in [0.1, 0.15) is 17.0 Å². The molecule has 4 N–H and O–H groups in total. The zero-order valence-corrected chi connectivity index (χ0v) is 17.5. The van der Waals surface area contributed by atoms with Gasteiger partial charge in [0.05, 0.1) is 17.5 Å². The Labute approximate surface area is 187 Å². The Morgan fingerprint density at radius 1 is 1.06 bits per heavy atom. The minimum absolute atomic E-state index is 0.0363. The highest BCUT2D eigenvalue weighted by molar-refractivity contribution is 8.00. The number of β-lactam (4-membered cyclic amide) rings is 1. The SMILES string of the molecule is O=C(COCc1ccccc1)NC1C=C(C(=O)O)N2C(=O)C(c3c(O)cccc3O)[C@H]2S1. The van der Waals surface area contributed by atoms with Crippen LogP contribution in [0.4, 0.5) is 0 Å². The summed E-state index contributed by atoms with van der Waals surface area (Å²) in [5.41, 5.74) is 0.684. The number of phenols is 2. The van der Waals surface area contributed by atoms with E-state index in [-0.39, 0.29) is 36.0 Å². The summed E-state index contributed by atoms with van der Waals surface area (Å²) in [6.45, 7) is 0.0288. The molecule has 0 aliphatic carbocycles. The predicted molar refractivity (Wildman–Crippen MR) is 114 cm³/mol. The van der Waals surface area contributed by atoms with Crippen LogP contribution in [0, 0.1) is 0 Å². The summed E-state index contributed by atoms with van der Waals surface area (Å²) in [6, 6.07) is 13.5. The largest absolute Gasteiger partial charge is 0.508 e. The van der Waals surface area contributed by atoms with E-state index in [0.717, 1.165) is 22.2 Å². The van der Waals surface area contributed by atoms with E-state index in [2.05, 4.69) is 5.32 Å². The maximum absolute atomic E-state index is 12.7. The highest BCUT2D eigenvalue weighted by Crippen LogP contribution is 2.52. The lowest BCUT2D eigenvalue weighted by atomic mass is 9.87. The Morgan fingerprint density at radius 2 is 1.75 bits per heavy atom. The number of carboxylic acids is 1. The fraction of sp³-hybridized carbons (Fsp3) is 0.227. The van der Waals surface area contributed by atoms with Gasteiger partial charge >= 0.3 is 5.97 Å². The highest BCUT2D eigenvalue weighted by Gasteiger charge is 2.55. The van der Waals surface area contributed by atoms with Gasteiger partial charge in [-0.25, -0.2) is 4.79 Å². The molecule has 2 heterocycles. The summed E-state index contributed by atoms with van der Waals surface area (Å²) in [6.07, 6.45) is 1.29. The first kappa shape index (κ1) is 21.7. The number of nitrogens with one attached hydrogen (secondary N) is 1. The maximum atomic E-state index is 12.7. The van der Waals surface area contributed by atoms with E-state index < -0.39 is 34.4 Å². The van der Waals surface area contributed by atoms with Crippen molar-refractivity contribution in [1.29, 1.82) is 0 Å². The van der Waals surface area contributed by atoms with Gasteiger partial charge in [0.1, 0.15) is 35.1 Å². The third-order valence-corrected chi connectivity index (χ3v) is 6.45. The van der Waals surface area contributed by atoms with Crippen molar-refractivity contribution in [2.75, 3.05) is 6.61 Å². The van der Waals surface area contributed by atoms with E-state index >= 15 is 0 Å². The molecule has 2 amide bonds. The number of carbonyl (C=O) groups excluding carboxylic acids is 2. The Bertz CT molecular complexity index is 1070. The second-order valence-corrected chi connectivity index (χ2v) is 8.51. The van der Waals surface area contributed by atoms with Gasteiger partial charge in [0, 0.05) is 0 Å². The molecule has 0 saturated carbocycles.